The Morgan fingerprint density at radius 2 is 2.25 bits per heavy atom. The van der Waals surface area contributed by atoms with Gasteiger partial charge in [0.2, 0.25) is 0 Å². The molecule has 0 N–H and O–H groups in total. The third-order valence-electron chi connectivity index (χ3n) is 3.49. The number of esters is 1. The molecule has 1 spiro atoms. The van der Waals surface area contributed by atoms with Crippen LogP contribution < -0.4 is 0 Å². The maximum Gasteiger partial charge on any atom is 0.308 e. The fraction of sp³-hybridized carbons (Fsp3) is 0.833. The van der Waals surface area contributed by atoms with Gasteiger partial charge in [-0.15, -0.1) is 0 Å². The summed E-state index contributed by atoms with van der Waals surface area (Å²) in [4.78, 5) is 17.1. The smallest absolute Gasteiger partial charge is 0.308 e. The van der Waals surface area contributed by atoms with E-state index in [1.54, 1.807) is 0 Å². The van der Waals surface area contributed by atoms with Crippen LogP contribution in [0, 0.1) is 5.92 Å². The van der Waals surface area contributed by atoms with E-state index in [2.05, 4.69) is 5.16 Å². The van der Waals surface area contributed by atoms with Crippen LogP contribution in [0.3, 0.4) is 0 Å². The Kier molecular flexibility index (Phi) is 3.17. The first-order valence-electron chi connectivity index (χ1n) is 6.03. The Hall–Kier alpha value is -1.06. The lowest BCUT2D eigenvalue weighted by molar-refractivity contribution is -0.151. The Labute approximate surface area is 96.0 Å². The van der Waals surface area contributed by atoms with Crippen molar-refractivity contribution in [3.05, 3.63) is 0 Å². The SMILES string of the molecule is CCOC(=O)C1CCC2(CC1)CC(C)=NO2. The Balaban J connectivity index is 1.85. The molecule has 0 amide bonds. The Morgan fingerprint density at radius 1 is 1.56 bits per heavy atom. The van der Waals surface area contributed by atoms with E-state index in [9.17, 15) is 4.79 Å². The fourth-order valence-electron chi connectivity index (χ4n) is 2.61. The van der Waals surface area contributed by atoms with E-state index in [4.69, 9.17) is 9.57 Å². The van der Waals surface area contributed by atoms with E-state index in [0.29, 0.717) is 6.61 Å². The van der Waals surface area contributed by atoms with Crippen LogP contribution in [0.5, 0.6) is 0 Å². The molecule has 0 aromatic carbocycles. The van der Waals surface area contributed by atoms with Gasteiger partial charge in [0.05, 0.1) is 18.2 Å². The first-order valence-corrected chi connectivity index (χ1v) is 6.03. The lowest BCUT2D eigenvalue weighted by Crippen LogP contribution is -2.36. The first-order chi connectivity index (χ1) is 7.65. The van der Waals surface area contributed by atoms with Crippen LogP contribution in [0.25, 0.3) is 0 Å². The van der Waals surface area contributed by atoms with Crippen molar-refractivity contribution in [2.45, 2.75) is 51.6 Å². The number of hydrogen-bond donors (Lipinski definition) is 0. The molecule has 0 aromatic rings. The van der Waals surface area contributed by atoms with Crippen LogP contribution in [0.1, 0.15) is 46.0 Å². The van der Waals surface area contributed by atoms with E-state index in [-0.39, 0.29) is 17.5 Å². The molecule has 1 aliphatic heterocycles. The van der Waals surface area contributed by atoms with Crippen molar-refractivity contribution in [1.82, 2.24) is 0 Å². The van der Waals surface area contributed by atoms with Crippen LogP contribution >= 0.6 is 0 Å². The van der Waals surface area contributed by atoms with E-state index in [0.717, 1.165) is 37.8 Å². The molecule has 4 heteroatoms. The molecular formula is C12H19NO3. The number of rotatable bonds is 2. The predicted molar refractivity (Wildman–Crippen MR) is 60.1 cm³/mol. The quantitative estimate of drug-likeness (QED) is 0.677. The number of hydrogen-bond acceptors (Lipinski definition) is 4. The minimum Gasteiger partial charge on any atom is -0.466 e. The molecule has 4 nitrogen and oxygen atoms in total. The maximum atomic E-state index is 11.6. The van der Waals surface area contributed by atoms with Gasteiger partial charge >= 0.3 is 5.97 Å². The van der Waals surface area contributed by atoms with Gasteiger partial charge in [-0.1, -0.05) is 5.16 Å². The summed E-state index contributed by atoms with van der Waals surface area (Å²) in [5.41, 5.74) is 0.960. The van der Waals surface area contributed by atoms with Gasteiger partial charge in [0.15, 0.2) is 0 Å². The summed E-state index contributed by atoms with van der Waals surface area (Å²) in [6.45, 7) is 4.31. The average Bonchev–Trinajstić information content (AvgIpc) is 2.61. The topological polar surface area (TPSA) is 47.9 Å². The van der Waals surface area contributed by atoms with Crippen LogP contribution in [-0.4, -0.2) is 23.9 Å². The first kappa shape index (κ1) is 11.4. The van der Waals surface area contributed by atoms with Crippen LogP contribution in [0.2, 0.25) is 0 Å². The highest BCUT2D eigenvalue weighted by Crippen LogP contribution is 2.40. The van der Waals surface area contributed by atoms with Gasteiger partial charge in [-0.2, -0.15) is 0 Å². The molecule has 1 aliphatic carbocycles. The molecule has 0 bridgehead atoms. The molecule has 0 saturated heterocycles. The maximum absolute atomic E-state index is 11.6. The number of carbonyl (C=O) groups is 1. The van der Waals surface area contributed by atoms with Gasteiger partial charge in [-0.3, -0.25) is 4.79 Å². The summed E-state index contributed by atoms with van der Waals surface area (Å²) >= 11 is 0. The van der Waals surface area contributed by atoms with E-state index in [1.165, 1.54) is 0 Å². The van der Waals surface area contributed by atoms with Crippen LogP contribution in [-0.2, 0) is 14.4 Å². The second-order valence-corrected chi connectivity index (χ2v) is 4.80. The number of ether oxygens (including phenoxy) is 1. The van der Waals surface area contributed by atoms with Gasteiger partial charge in [0, 0.05) is 6.42 Å². The molecule has 0 unspecified atom stereocenters. The van der Waals surface area contributed by atoms with Crippen LogP contribution in [0.15, 0.2) is 5.16 Å². The highest BCUT2D eigenvalue weighted by Gasteiger charge is 2.43. The van der Waals surface area contributed by atoms with E-state index >= 15 is 0 Å². The molecule has 1 saturated carbocycles. The molecule has 2 rings (SSSR count). The summed E-state index contributed by atoms with van der Waals surface area (Å²) in [5.74, 6) is 0.0167. The highest BCUT2D eigenvalue weighted by atomic mass is 16.7. The number of carbonyl (C=O) groups excluding carboxylic acids is 1. The molecule has 1 heterocycles. The standard InChI is InChI=1S/C12H19NO3/c1-3-15-11(14)10-4-6-12(7-5-10)8-9(2)13-16-12/h10H,3-8H2,1-2H3. The third kappa shape index (κ3) is 2.20. The zero-order chi connectivity index (χ0) is 11.6. The van der Waals surface area contributed by atoms with Gasteiger partial charge < -0.3 is 9.57 Å². The van der Waals surface area contributed by atoms with Gasteiger partial charge in [0.1, 0.15) is 5.60 Å². The van der Waals surface area contributed by atoms with Gasteiger partial charge in [-0.25, -0.2) is 0 Å². The van der Waals surface area contributed by atoms with Gasteiger partial charge in [0.25, 0.3) is 0 Å². The minimum atomic E-state index is -0.104. The molecule has 0 atom stereocenters. The summed E-state index contributed by atoms with van der Waals surface area (Å²) < 4.78 is 5.05. The van der Waals surface area contributed by atoms with E-state index < -0.39 is 0 Å². The predicted octanol–water partition coefficient (Wildman–Crippen LogP) is 2.27. The summed E-state index contributed by atoms with van der Waals surface area (Å²) in [6.07, 6.45) is 4.47. The second-order valence-electron chi connectivity index (χ2n) is 4.80. The monoisotopic (exact) mass is 225 g/mol. The van der Waals surface area contributed by atoms with Crippen LogP contribution in [0.4, 0.5) is 0 Å². The molecule has 16 heavy (non-hydrogen) atoms. The van der Waals surface area contributed by atoms with Crippen molar-refractivity contribution in [2.24, 2.45) is 11.1 Å². The molecule has 2 aliphatic rings. The summed E-state index contributed by atoms with van der Waals surface area (Å²) in [5, 5.41) is 4.02. The zero-order valence-electron chi connectivity index (χ0n) is 9.99. The second kappa shape index (κ2) is 4.44. The summed E-state index contributed by atoms with van der Waals surface area (Å²) in [6, 6.07) is 0. The lowest BCUT2D eigenvalue weighted by atomic mass is 9.77. The van der Waals surface area contributed by atoms with Crippen molar-refractivity contribution >= 4 is 11.7 Å². The normalized spacial score (nSPS) is 33.4. The molecule has 1 fully saturated rings. The Bertz CT molecular complexity index is 303. The molecule has 0 aromatic heterocycles. The zero-order valence-corrected chi connectivity index (χ0v) is 9.99. The number of nitrogens with zero attached hydrogens (tertiary/aromatic N) is 1. The fourth-order valence-corrected chi connectivity index (χ4v) is 2.61. The largest absolute Gasteiger partial charge is 0.466 e. The molecule has 0 radical (unpaired) electrons. The van der Waals surface area contributed by atoms with Crippen molar-refractivity contribution in [3.8, 4) is 0 Å². The lowest BCUT2D eigenvalue weighted by Gasteiger charge is -2.33. The Morgan fingerprint density at radius 3 is 2.75 bits per heavy atom. The molecule has 90 valence electrons. The van der Waals surface area contributed by atoms with Crippen molar-refractivity contribution in [1.29, 1.82) is 0 Å². The van der Waals surface area contributed by atoms with Crippen molar-refractivity contribution in [3.63, 3.8) is 0 Å². The van der Waals surface area contributed by atoms with E-state index in [1.807, 2.05) is 13.8 Å². The minimum absolute atomic E-state index is 0.0482. The third-order valence-corrected chi connectivity index (χ3v) is 3.49. The number of oxime groups is 1. The van der Waals surface area contributed by atoms with Crippen molar-refractivity contribution in [2.75, 3.05) is 6.61 Å². The van der Waals surface area contributed by atoms with Crippen molar-refractivity contribution < 1.29 is 14.4 Å². The van der Waals surface area contributed by atoms with Gasteiger partial charge in [-0.05, 0) is 39.5 Å². The average molecular weight is 225 g/mol. The highest BCUT2D eigenvalue weighted by molar-refractivity contribution is 5.83. The molecular weight excluding hydrogens is 206 g/mol. The summed E-state index contributed by atoms with van der Waals surface area (Å²) in [7, 11) is 0.